The Morgan fingerprint density at radius 2 is 2.05 bits per heavy atom. The Bertz CT molecular complexity index is 369. The summed E-state index contributed by atoms with van der Waals surface area (Å²) in [6.07, 6.45) is -4.84. The van der Waals surface area contributed by atoms with Gasteiger partial charge in [-0.2, -0.15) is 13.2 Å². The first kappa shape index (κ1) is 15.3. The number of halogens is 3. The Hall–Kier alpha value is -1.73. The fourth-order valence-corrected chi connectivity index (χ4v) is 1.91. The lowest BCUT2D eigenvalue weighted by Crippen LogP contribution is -2.53. The highest BCUT2D eigenvalue weighted by molar-refractivity contribution is 5.80. The van der Waals surface area contributed by atoms with Gasteiger partial charge >= 0.3 is 18.2 Å². The van der Waals surface area contributed by atoms with Crippen LogP contribution in [0.3, 0.4) is 0 Å². The van der Waals surface area contributed by atoms with E-state index in [-0.39, 0.29) is 19.4 Å². The van der Waals surface area contributed by atoms with Gasteiger partial charge in [0.15, 0.2) is 0 Å². The number of nitrogens with zero attached hydrogens (tertiary/aromatic N) is 1. The van der Waals surface area contributed by atoms with Gasteiger partial charge in [0.05, 0.1) is 5.92 Å². The van der Waals surface area contributed by atoms with Crippen molar-refractivity contribution in [2.45, 2.75) is 25.1 Å². The number of amides is 1. The number of aliphatic carboxylic acids is 1. The van der Waals surface area contributed by atoms with Crippen LogP contribution < -0.4 is 0 Å². The largest absolute Gasteiger partial charge is 0.480 e. The van der Waals surface area contributed by atoms with Gasteiger partial charge in [-0.15, -0.1) is 0 Å². The molecule has 0 aliphatic carbocycles. The minimum atomic E-state index is -4.46. The third-order valence-electron chi connectivity index (χ3n) is 2.89. The first-order valence-electron chi connectivity index (χ1n) is 5.61. The van der Waals surface area contributed by atoms with E-state index < -0.39 is 36.7 Å². The zero-order valence-electron chi connectivity index (χ0n) is 10.0. The number of carbonyl (C=O) groups excluding carboxylic acids is 1. The molecule has 1 aliphatic rings. The molecule has 2 unspecified atom stereocenters. The van der Waals surface area contributed by atoms with Gasteiger partial charge in [-0.1, -0.05) is 12.7 Å². The second-order valence-corrected chi connectivity index (χ2v) is 4.19. The number of carboxylic acids is 1. The van der Waals surface area contributed by atoms with Gasteiger partial charge in [-0.3, -0.25) is 4.90 Å². The molecule has 0 saturated carbocycles. The molecule has 1 fully saturated rings. The van der Waals surface area contributed by atoms with E-state index in [1.54, 1.807) is 0 Å². The highest BCUT2D eigenvalue weighted by Crippen LogP contribution is 2.35. The molecule has 1 amide bonds. The van der Waals surface area contributed by atoms with Gasteiger partial charge in [-0.05, 0) is 12.8 Å². The average molecular weight is 281 g/mol. The van der Waals surface area contributed by atoms with E-state index in [1.807, 2.05) is 0 Å². The van der Waals surface area contributed by atoms with E-state index in [2.05, 4.69) is 11.3 Å². The molecular weight excluding hydrogens is 267 g/mol. The fraction of sp³-hybridized carbons (Fsp3) is 0.636. The smallest absolute Gasteiger partial charge is 0.410 e. The second kappa shape index (κ2) is 5.94. The average Bonchev–Trinajstić information content (AvgIpc) is 2.33. The van der Waals surface area contributed by atoms with Crippen molar-refractivity contribution in [3.05, 3.63) is 12.7 Å². The fourth-order valence-electron chi connectivity index (χ4n) is 1.91. The van der Waals surface area contributed by atoms with Crippen molar-refractivity contribution in [3.8, 4) is 0 Å². The molecule has 2 atom stereocenters. The van der Waals surface area contributed by atoms with Crippen LogP contribution in [0.2, 0.25) is 0 Å². The van der Waals surface area contributed by atoms with Crippen LogP contribution >= 0.6 is 0 Å². The molecule has 8 heteroatoms. The monoisotopic (exact) mass is 281 g/mol. The summed E-state index contributed by atoms with van der Waals surface area (Å²) in [7, 11) is 0. The number of ether oxygens (including phenoxy) is 1. The molecule has 0 aromatic carbocycles. The van der Waals surface area contributed by atoms with Crippen LogP contribution in [-0.2, 0) is 9.53 Å². The summed E-state index contributed by atoms with van der Waals surface area (Å²) in [5.74, 6) is -3.06. The maximum absolute atomic E-state index is 12.6. The molecular formula is C11H14F3NO4. The van der Waals surface area contributed by atoms with Crippen LogP contribution in [0.5, 0.6) is 0 Å². The van der Waals surface area contributed by atoms with Crippen LogP contribution in [0.15, 0.2) is 12.7 Å². The van der Waals surface area contributed by atoms with Crippen molar-refractivity contribution in [2.24, 2.45) is 5.92 Å². The molecule has 108 valence electrons. The molecule has 0 radical (unpaired) electrons. The molecule has 1 saturated heterocycles. The number of alkyl halides is 3. The molecule has 0 aromatic heterocycles. The Kier molecular flexibility index (Phi) is 4.79. The van der Waals surface area contributed by atoms with Crippen LogP contribution in [0, 0.1) is 5.92 Å². The molecule has 0 spiro atoms. The lowest BCUT2D eigenvalue weighted by molar-refractivity contribution is -0.190. The van der Waals surface area contributed by atoms with Gasteiger partial charge in [0.25, 0.3) is 0 Å². The van der Waals surface area contributed by atoms with Gasteiger partial charge in [0, 0.05) is 6.54 Å². The van der Waals surface area contributed by atoms with Crippen LogP contribution in [0.25, 0.3) is 0 Å². The minimum Gasteiger partial charge on any atom is -0.480 e. The van der Waals surface area contributed by atoms with Gasteiger partial charge in [-0.25, -0.2) is 9.59 Å². The topological polar surface area (TPSA) is 66.8 Å². The molecule has 19 heavy (non-hydrogen) atoms. The summed E-state index contributed by atoms with van der Waals surface area (Å²) >= 11 is 0. The van der Waals surface area contributed by atoms with E-state index in [1.165, 1.54) is 6.08 Å². The maximum Gasteiger partial charge on any atom is 0.410 e. The number of carbonyl (C=O) groups is 2. The second-order valence-electron chi connectivity index (χ2n) is 4.19. The van der Waals surface area contributed by atoms with Crippen LogP contribution in [0.4, 0.5) is 18.0 Å². The summed E-state index contributed by atoms with van der Waals surface area (Å²) < 4.78 is 42.5. The van der Waals surface area contributed by atoms with Crippen molar-refractivity contribution < 1.29 is 32.6 Å². The van der Waals surface area contributed by atoms with Gasteiger partial charge in [0.1, 0.15) is 12.6 Å². The van der Waals surface area contributed by atoms with E-state index in [0.717, 1.165) is 0 Å². The van der Waals surface area contributed by atoms with Crippen molar-refractivity contribution in [2.75, 3.05) is 13.2 Å². The first-order valence-corrected chi connectivity index (χ1v) is 5.61. The molecule has 1 aliphatic heterocycles. The summed E-state index contributed by atoms with van der Waals surface area (Å²) in [4.78, 5) is 23.1. The number of hydrogen-bond donors (Lipinski definition) is 1. The van der Waals surface area contributed by atoms with Crippen molar-refractivity contribution in [3.63, 3.8) is 0 Å². The van der Waals surface area contributed by atoms with E-state index >= 15 is 0 Å². The summed E-state index contributed by atoms with van der Waals surface area (Å²) in [6, 6.07) is -1.28. The molecule has 0 aromatic rings. The van der Waals surface area contributed by atoms with E-state index in [0.29, 0.717) is 4.90 Å². The Labute approximate surface area is 107 Å². The Balaban J connectivity index is 2.81. The predicted molar refractivity (Wildman–Crippen MR) is 58.5 cm³/mol. The van der Waals surface area contributed by atoms with Crippen LogP contribution in [-0.4, -0.2) is 47.4 Å². The normalized spacial score (nSPS) is 23.8. The molecule has 1 heterocycles. The highest BCUT2D eigenvalue weighted by atomic mass is 19.4. The standard InChI is InChI=1S/C11H14F3NO4/c1-2-5-19-10(18)15-6-7(11(12,13)14)3-4-8(15)9(16)17/h2,7-8H,1,3-6H2,(H,16,17). The Morgan fingerprint density at radius 3 is 2.53 bits per heavy atom. The summed E-state index contributed by atoms with van der Waals surface area (Å²) in [5.41, 5.74) is 0. The zero-order valence-corrected chi connectivity index (χ0v) is 10.0. The maximum atomic E-state index is 12.6. The van der Waals surface area contributed by atoms with Gasteiger partial charge in [0.2, 0.25) is 0 Å². The highest BCUT2D eigenvalue weighted by Gasteiger charge is 2.47. The number of carboxylic acid groups (broad SMARTS) is 1. The van der Waals surface area contributed by atoms with Gasteiger partial charge < -0.3 is 9.84 Å². The molecule has 1 rings (SSSR count). The molecule has 0 bridgehead atoms. The quantitative estimate of drug-likeness (QED) is 0.804. The number of likely N-dealkylation sites (tertiary alicyclic amines) is 1. The summed E-state index contributed by atoms with van der Waals surface area (Å²) in [5, 5.41) is 8.92. The van der Waals surface area contributed by atoms with Crippen LogP contribution in [0.1, 0.15) is 12.8 Å². The number of piperidine rings is 1. The zero-order chi connectivity index (χ0) is 14.6. The summed E-state index contributed by atoms with van der Waals surface area (Å²) in [6.45, 7) is 2.41. The van der Waals surface area contributed by atoms with Crippen molar-refractivity contribution in [1.29, 1.82) is 0 Å². The molecule has 1 N–H and O–H groups in total. The number of hydrogen-bond acceptors (Lipinski definition) is 3. The molecule has 5 nitrogen and oxygen atoms in total. The number of rotatable bonds is 3. The van der Waals surface area contributed by atoms with E-state index in [4.69, 9.17) is 5.11 Å². The third kappa shape index (κ3) is 3.87. The third-order valence-corrected chi connectivity index (χ3v) is 2.89. The first-order chi connectivity index (χ1) is 8.77. The lowest BCUT2D eigenvalue weighted by atomic mass is 9.92. The predicted octanol–water partition coefficient (Wildman–Crippen LogP) is 2.04. The van der Waals surface area contributed by atoms with Crippen molar-refractivity contribution in [1.82, 2.24) is 4.90 Å². The Morgan fingerprint density at radius 1 is 1.42 bits per heavy atom. The van der Waals surface area contributed by atoms with E-state index in [9.17, 15) is 22.8 Å². The SMILES string of the molecule is C=CCOC(=O)N1CC(C(F)(F)F)CCC1C(=O)O. The minimum absolute atomic E-state index is 0.182. The lowest BCUT2D eigenvalue weighted by Gasteiger charge is -2.37. The van der Waals surface area contributed by atoms with Crippen molar-refractivity contribution >= 4 is 12.1 Å².